The van der Waals surface area contributed by atoms with Gasteiger partial charge in [0, 0.05) is 24.0 Å². The summed E-state index contributed by atoms with van der Waals surface area (Å²) < 4.78 is 26.0. The maximum Gasteiger partial charge on any atom is 0.242 e. The lowest BCUT2D eigenvalue weighted by Gasteiger charge is -2.07. The van der Waals surface area contributed by atoms with Crippen LogP contribution < -0.4 is 5.73 Å². The first kappa shape index (κ1) is 17.2. The molecule has 122 valence electrons. The van der Waals surface area contributed by atoms with Crippen LogP contribution in [-0.2, 0) is 23.0 Å². The molecule has 1 aromatic heterocycles. The zero-order valence-corrected chi connectivity index (χ0v) is 13.8. The Bertz CT molecular complexity index is 803. The minimum atomic E-state index is -3.52. The Hall–Kier alpha value is -2.18. The summed E-state index contributed by atoms with van der Waals surface area (Å²) in [7, 11) is -3.52. The van der Waals surface area contributed by atoms with E-state index in [0.717, 1.165) is 11.1 Å². The highest BCUT2D eigenvalue weighted by Crippen LogP contribution is 2.13. The number of carbonyl (C=O) groups excluding carboxylic acids is 1. The summed E-state index contributed by atoms with van der Waals surface area (Å²) in [5.41, 5.74) is 8.44. The Morgan fingerprint density at radius 1 is 1.17 bits per heavy atom. The molecular weight excluding hydrogens is 312 g/mol. The minimum Gasteiger partial charge on any atom is -0.326 e. The molecule has 6 heteroatoms. The molecule has 0 amide bonds. The van der Waals surface area contributed by atoms with E-state index in [1.165, 1.54) is 10.2 Å². The maximum atomic E-state index is 12.4. The van der Waals surface area contributed by atoms with Gasteiger partial charge < -0.3 is 5.73 Å². The van der Waals surface area contributed by atoms with E-state index in [9.17, 15) is 13.2 Å². The molecule has 0 unspecified atom stereocenters. The first-order chi connectivity index (χ1) is 11.0. The molecule has 0 saturated heterocycles. The average molecular weight is 332 g/mol. The molecule has 0 aliphatic carbocycles. The van der Waals surface area contributed by atoms with Crippen LogP contribution in [0.15, 0.2) is 42.6 Å². The predicted molar refractivity (Wildman–Crippen MR) is 91.7 cm³/mol. The van der Waals surface area contributed by atoms with Gasteiger partial charge in [0.25, 0.3) is 0 Å². The van der Waals surface area contributed by atoms with Crippen molar-refractivity contribution in [1.29, 1.82) is 0 Å². The number of aromatic nitrogens is 1. The second-order valence-electron chi connectivity index (χ2n) is 5.16. The molecule has 0 atom stereocenters. The van der Waals surface area contributed by atoms with E-state index < -0.39 is 10.0 Å². The van der Waals surface area contributed by atoms with Gasteiger partial charge in [-0.15, -0.1) is 0 Å². The highest BCUT2D eigenvalue weighted by Gasteiger charge is 2.16. The Labute approximate surface area is 136 Å². The van der Waals surface area contributed by atoms with Crippen molar-refractivity contribution in [2.24, 2.45) is 5.73 Å². The van der Waals surface area contributed by atoms with Gasteiger partial charge in [-0.25, -0.2) is 12.4 Å². The first-order valence-corrected chi connectivity index (χ1v) is 8.96. The fourth-order valence-electron chi connectivity index (χ4n) is 2.24. The summed E-state index contributed by atoms with van der Waals surface area (Å²) in [5.74, 6) is -0.133. The number of benzene rings is 1. The standard InChI is InChI=1S/C17H20N2O3S/c1-2-17-10-16(13-20)12-19(17)23(21,22)9-3-4-14-5-7-15(11-18)8-6-14/h3-8,10,12-13H,2,9,11,18H2,1H3. The fourth-order valence-corrected chi connectivity index (χ4v) is 3.57. The van der Waals surface area contributed by atoms with E-state index in [2.05, 4.69) is 0 Å². The third kappa shape index (κ3) is 4.18. The lowest BCUT2D eigenvalue weighted by atomic mass is 10.1. The van der Waals surface area contributed by atoms with E-state index in [0.29, 0.717) is 30.5 Å². The molecule has 0 saturated carbocycles. The van der Waals surface area contributed by atoms with E-state index in [1.807, 2.05) is 31.2 Å². The molecule has 0 fully saturated rings. The highest BCUT2D eigenvalue weighted by atomic mass is 32.2. The van der Waals surface area contributed by atoms with Gasteiger partial charge in [-0.05, 0) is 23.6 Å². The molecule has 0 spiro atoms. The van der Waals surface area contributed by atoms with Crippen molar-refractivity contribution in [2.45, 2.75) is 19.9 Å². The number of rotatable bonds is 7. The van der Waals surface area contributed by atoms with Crippen molar-refractivity contribution in [3.8, 4) is 0 Å². The second-order valence-corrected chi connectivity index (χ2v) is 7.05. The van der Waals surface area contributed by atoms with Crippen LogP contribution in [0.4, 0.5) is 0 Å². The van der Waals surface area contributed by atoms with Crippen molar-refractivity contribution in [1.82, 2.24) is 3.97 Å². The molecule has 2 rings (SSSR count). The lowest BCUT2D eigenvalue weighted by molar-refractivity contribution is 0.112. The molecule has 1 heterocycles. The average Bonchev–Trinajstić information content (AvgIpc) is 3.00. The van der Waals surface area contributed by atoms with E-state index in [-0.39, 0.29) is 5.75 Å². The number of aryl methyl sites for hydroxylation is 1. The van der Waals surface area contributed by atoms with Gasteiger partial charge in [-0.1, -0.05) is 43.3 Å². The zero-order valence-electron chi connectivity index (χ0n) is 13.0. The third-order valence-corrected chi connectivity index (χ3v) is 5.07. The number of carbonyl (C=O) groups is 1. The maximum absolute atomic E-state index is 12.4. The Morgan fingerprint density at radius 2 is 1.87 bits per heavy atom. The van der Waals surface area contributed by atoms with Gasteiger partial charge in [-0.3, -0.25) is 4.79 Å². The first-order valence-electron chi connectivity index (χ1n) is 7.35. The lowest BCUT2D eigenvalue weighted by Crippen LogP contribution is -2.16. The van der Waals surface area contributed by atoms with Crippen LogP contribution in [0, 0.1) is 0 Å². The van der Waals surface area contributed by atoms with Crippen LogP contribution in [0.1, 0.15) is 34.1 Å². The van der Waals surface area contributed by atoms with Crippen LogP contribution in [0.25, 0.3) is 6.08 Å². The quantitative estimate of drug-likeness (QED) is 0.788. The van der Waals surface area contributed by atoms with E-state index in [4.69, 9.17) is 5.73 Å². The number of hydrogen-bond donors (Lipinski definition) is 1. The van der Waals surface area contributed by atoms with Crippen LogP contribution in [0.5, 0.6) is 0 Å². The number of nitrogens with zero attached hydrogens (tertiary/aromatic N) is 1. The largest absolute Gasteiger partial charge is 0.326 e. The van der Waals surface area contributed by atoms with E-state index >= 15 is 0 Å². The molecule has 2 N–H and O–H groups in total. The van der Waals surface area contributed by atoms with Crippen molar-refractivity contribution in [2.75, 3.05) is 5.75 Å². The van der Waals surface area contributed by atoms with Gasteiger partial charge in [0.15, 0.2) is 6.29 Å². The molecule has 5 nitrogen and oxygen atoms in total. The summed E-state index contributed by atoms with van der Waals surface area (Å²) in [6.07, 6.45) is 5.92. The van der Waals surface area contributed by atoms with Gasteiger partial charge in [0.05, 0.1) is 5.75 Å². The van der Waals surface area contributed by atoms with Gasteiger partial charge >= 0.3 is 0 Å². The molecule has 0 aliphatic heterocycles. The van der Waals surface area contributed by atoms with Gasteiger partial charge in [0.2, 0.25) is 10.0 Å². The second kappa shape index (κ2) is 7.39. The molecule has 1 aromatic carbocycles. The molecule has 0 radical (unpaired) electrons. The fraction of sp³-hybridized carbons (Fsp3) is 0.235. The molecular formula is C17H20N2O3S. The van der Waals surface area contributed by atoms with Crippen LogP contribution >= 0.6 is 0 Å². The summed E-state index contributed by atoms with van der Waals surface area (Å²) >= 11 is 0. The number of hydrogen-bond acceptors (Lipinski definition) is 4. The monoisotopic (exact) mass is 332 g/mol. The van der Waals surface area contributed by atoms with Crippen LogP contribution in [-0.4, -0.2) is 24.4 Å². The van der Waals surface area contributed by atoms with Crippen molar-refractivity contribution >= 4 is 22.4 Å². The van der Waals surface area contributed by atoms with Crippen molar-refractivity contribution in [3.05, 3.63) is 65.0 Å². The Kier molecular flexibility index (Phi) is 5.52. The predicted octanol–water partition coefficient (Wildman–Crippen LogP) is 2.21. The smallest absolute Gasteiger partial charge is 0.242 e. The van der Waals surface area contributed by atoms with Crippen LogP contribution in [0.3, 0.4) is 0 Å². The number of nitrogens with two attached hydrogens (primary N) is 1. The summed E-state index contributed by atoms with van der Waals surface area (Å²) in [6, 6.07) is 9.20. The minimum absolute atomic E-state index is 0.133. The summed E-state index contributed by atoms with van der Waals surface area (Å²) in [6.45, 7) is 2.33. The van der Waals surface area contributed by atoms with Gasteiger partial charge in [-0.2, -0.15) is 0 Å². The third-order valence-electron chi connectivity index (χ3n) is 3.51. The molecule has 2 aromatic rings. The van der Waals surface area contributed by atoms with E-state index in [1.54, 1.807) is 18.2 Å². The SMILES string of the molecule is CCc1cc(C=O)cn1S(=O)(=O)CC=Cc1ccc(CN)cc1. The Morgan fingerprint density at radius 3 is 2.43 bits per heavy atom. The molecule has 23 heavy (non-hydrogen) atoms. The zero-order chi connectivity index (χ0) is 16.9. The summed E-state index contributed by atoms with van der Waals surface area (Å²) in [5, 5.41) is 0. The summed E-state index contributed by atoms with van der Waals surface area (Å²) in [4.78, 5) is 10.8. The van der Waals surface area contributed by atoms with Crippen LogP contribution in [0.2, 0.25) is 0 Å². The topological polar surface area (TPSA) is 82.2 Å². The van der Waals surface area contributed by atoms with Crippen molar-refractivity contribution < 1.29 is 13.2 Å². The molecule has 0 bridgehead atoms. The highest BCUT2D eigenvalue weighted by molar-refractivity contribution is 7.90. The molecule has 0 aliphatic rings. The normalized spacial score (nSPS) is 11.9. The van der Waals surface area contributed by atoms with Gasteiger partial charge in [0.1, 0.15) is 0 Å². The van der Waals surface area contributed by atoms with Crippen molar-refractivity contribution in [3.63, 3.8) is 0 Å². The Balaban J connectivity index is 2.16. The number of aldehydes is 1.